The third kappa shape index (κ3) is 8.48. The smallest absolute Gasteiger partial charge is 0.0704 e. The van der Waals surface area contributed by atoms with E-state index in [0.717, 1.165) is 19.6 Å². The summed E-state index contributed by atoms with van der Waals surface area (Å²) in [6, 6.07) is 0. The van der Waals surface area contributed by atoms with Crippen LogP contribution in [0.4, 0.5) is 0 Å². The van der Waals surface area contributed by atoms with Crippen LogP contribution in [0.25, 0.3) is 0 Å². The van der Waals surface area contributed by atoms with Crippen LogP contribution in [0.3, 0.4) is 0 Å². The Morgan fingerprint density at radius 3 is 2.43 bits per heavy atom. The summed E-state index contributed by atoms with van der Waals surface area (Å²) in [4.78, 5) is 0. The maximum Gasteiger partial charge on any atom is 0.0704 e. The second kappa shape index (κ2) is 9.44. The highest BCUT2D eigenvalue weighted by Gasteiger charge is 2.04. The zero-order chi connectivity index (χ0) is 10.8. The number of rotatable bonds is 9. The van der Waals surface area contributed by atoms with E-state index in [-0.39, 0.29) is 0 Å². The van der Waals surface area contributed by atoms with Gasteiger partial charge in [0.15, 0.2) is 0 Å². The Morgan fingerprint density at radius 2 is 1.93 bits per heavy atom. The molecule has 0 heterocycles. The Morgan fingerprint density at radius 1 is 1.21 bits per heavy atom. The largest absolute Gasteiger partial charge is 0.379 e. The topological polar surface area (TPSA) is 30.5 Å². The second-order valence-electron chi connectivity index (χ2n) is 3.93. The Labute approximate surface area is 88.2 Å². The molecule has 0 aliphatic carbocycles. The molecule has 3 heteroatoms. The summed E-state index contributed by atoms with van der Waals surface area (Å²) in [5, 5.41) is 3.11. The van der Waals surface area contributed by atoms with E-state index in [4.69, 9.17) is 9.47 Å². The predicted octanol–water partition coefficient (Wildman–Crippen LogP) is 1.67. The summed E-state index contributed by atoms with van der Waals surface area (Å²) in [5.41, 5.74) is 0. The minimum absolute atomic E-state index is 0.322. The molecule has 1 unspecified atom stereocenters. The lowest BCUT2D eigenvalue weighted by molar-refractivity contribution is -0.000837. The number of hydrogen-bond acceptors (Lipinski definition) is 3. The molecular weight excluding hydrogens is 178 g/mol. The standard InChI is InChI=1S/C11H25NO2/c1-5-11(8-12-4)14-7-6-13-9-10(2)3/h10-12H,5-9H2,1-4H3. The van der Waals surface area contributed by atoms with Crippen molar-refractivity contribution in [2.45, 2.75) is 33.3 Å². The Kier molecular flexibility index (Phi) is 9.35. The monoisotopic (exact) mass is 203 g/mol. The normalized spacial score (nSPS) is 13.5. The van der Waals surface area contributed by atoms with Crippen molar-refractivity contribution in [2.75, 3.05) is 33.4 Å². The molecule has 0 radical (unpaired) electrons. The van der Waals surface area contributed by atoms with Gasteiger partial charge in [-0.2, -0.15) is 0 Å². The van der Waals surface area contributed by atoms with Gasteiger partial charge in [0.25, 0.3) is 0 Å². The van der Waals surface area contributed by atoms with Gasteiger partial charge in [-0.15, -0.1) is 0 Å². The molecule has 86 valence electrons. The van der Waals surface area contributed by atoms with Crippen molar-refractivity contribution < 1.29 is 9.47 Å². The average molecular weight is 203 g/mol. The first kappa shape index (κ1) is 13.9. The van der Waals surface area contributed by atoms with Gasteiger partial charge in [0.1, 0.15) is 0 Å². The van der Waals surface area contributed by atoms with Crippen LogP contribution >= 0.6 is 0 Å². The fourth-order valence-electron chi connectivity index (χ4n) is 1.14. The van der Waals surface area contributed by atoms with E-state index >= 15 is 0 Å². The molecule has 0 saturated heterocycles. The van der Waals surface area contributed by atoms with Gasteiger partial charge in [-0.05, 0) is 19.4 Å². The minimum atomic E-state index is 0.322. The van der Waals surface area contributed by atoms with Gasteiger partial charge in [0.05, 0.1) is 19.3 Å². The van der Waals surface area contributed by atoms with Gasteiger partial charge < -0.3 is 14.8 Å². The highest BCUT2D eigenvalue weighted by molar-refractivity contribution is 4.56. The molecule has 0 aromatic carbocycles. The highest BCUT2D eigenvalue weighted by Crippen LogP contribution is 1.97. The minimum Gasteiger partial charge on any atom is -0.379 e. The molecule has 3 nitrogen and oxygen atoms in total. The molecule has 0 aliphatic rings. The van der Waals surface area contributed by atoms with E-state index < -0.39 is 0 Å². The van der Waals surface area contributed by atoms with Crippen LogP contribution in [0.5, 0.6) is 0 Å². The fraction of sp³-hybridized carbons (Fsp3) is 1.00. The van der Waals surface area contributed by atoms with E-state index in [0.29, 0.717) is 25.2 Å². The lowest BCUT2D eigenvalue weighted by Gasteiger charge is -2.15. The van der Waals surface area contributed by atoms with Gasteiger partial charge in [0.2, 0.25) is 0 Å². The molecule has 1 atom stereocenters. The molecule has 0 fully saturated rings. The average Bonchev–Trinajstić information content (AvgIpc) is 2.15. The van der Waals surface area contributed by atoms with Crippen molar-refractivity contribution in [3.8, 4) is 0 Å². The lowest BCUT2D eigenvalue weighted by atomic mass is 10.2. The van der Waals surface area contributed by atoms with E-state index in [2.05, 4.69) is 26.1 Å². The van der Waals surface area contributed by atoms with Crippen molar-refractivity contribution in [1.29, 1.82) is 0 Å². The van der Waals surface area contributed by atoms with Crippen molar-refractivity contribution in [2.24, 2.45) is 5.92 Å². The van der Waals surface area contributed by atoms with Crippen molar-refractivity contribution in [3.05, 3.63) is 0 Å². The third-order valence-corrected chi connectivity index (χ3v) is 1.92. The van der Waals surface area contributed by atoms with Gasteiger partial charge in [-0.3, -0.25) is 0 Å². The quantitative estimate of drug-likeness (QED) is 0.578. The first-order chi connectivity index (χ1) is 6.70. The molecule has 0 aromatic heterocycles. The van der Waals surface area contributed by atoms with E-state index in [9.17, 15) is 0 Å². The number of hydrogen-bond donors (Lipinski definition) is 1. The predicted molar refractivity (Wildman–Crippen MR) is 59.6 cm³/mol. The van der Waals surface area contributed by atoms with Crippen LogP contribution in [0.15, 0.2) is 0 Å². The van der Waals surface area contributed by atoms with Crippen molar-refractivity contribution >= 4 is 0 Å². The molecule has 14 heavy (non-hydrogen) atoms. The van der Waals surface area contributed by atoms with E-state index in [1.807, 2.05) is 7.05 Å². The van der Waals surface area contributed by atoms with Crippen LogP contribution < -0.4 is 5.32 Å². The van der Waals surface area contributed by atoms with Gasteiger partial charge >= 0.3 is 0 Å². The van der Waals surface area contributed by atoms with Crippen LogP contribution in [0.2, 0.25) is 0 Å². The molecule has 0 amide bonds. The third-order valence-electron chi connectivity index (χ3n) is 1.92. The lowest BCUT2D eigenvalue weighted by Crippen LogP contribution is -2.27. The Bertz CT molecular complexity index is 118. The molecule has 1 N–H and O–H groups in total. The van der Waals surface area contributed by atoms with E-state index in [1.165, 1.54) is 0 Å². The van der Waals surface area contributed by atoms with E-state index in [1.54, 1.807) is 0 Å². The van der Waals surface area contributed by atoms with Crippen LogP contribution in [0, 0.1) is 5.92 Å². The number of likely N-dealkylation sites (N-methyl/N-ethyl adjacent to an activating group) is 1. The van der Waals surface area contributed by atoms with Gasteiger partial charge in [-0.25, -0.2) is 0 Å². The highest BCUT2D eigenvalue weighted by atomic mass is 16.5. The summed E-state index contributed by atoms with van der Waals surface area (Å²) >= 11 is 0. The Hall–Kier alpha value is -0.120. The molecular formula is C11H25NO2. The van der Waals surface area contributed by atoms with Gasteiger partial charge in [0, 0.05) is 13.2 Å². The van der Waals surface area contributed by atoms with Gasteiger partial charge in [-0.1, -0.05) is 20.8 Å². The van der Waals surface area contributed by atoms with Crippen LogP contribution in [-0.2, 0) is 9.47 Å². The zero-order valence-electron chi connectivity index (χ0n) is 10.0. The maximum atomic E-state index is 5.63. The van der Waals surface area contributed by atoms with Crippen molar-refractivity contribution in [1.82, 2.24) is 5.32 Å². The molecule has 0 aromatic rings. The molecule has 0 rings (SSSR count). The second-order valence-corrected chi connectivity index (χ2v) is 3.93. The summed E-state index contributed by atoms with van der Waals surface area (Å²) in [5.74, 6) is 0.606. The molecule has 0 aliphatic heterocycles. The summed E-state index contributed by atoms with van der Waals surface area (Å²) in [6.07, 6.45) is 1.37. The summed E-state index contributed by atoms with van der Waals surface area (Å²) in [7, 11) is 1.95. The fourth-order valence-corrected chi connectivity index (χ4v) is 1.14. The first-order valence-electron chi connectivity index (χ1n) is 5.54. The summed E-state index contributed by atoms with van der Waals surface area (Å²) in [6.45, 7) is 9.59. The Balaban J connectivity index is 3.24. The van der Waals surface area contributed by atoms with Crippen LogP contribution in [-0.4, -0.2) is 39.5 Å². The maximum absolute atomic E-state index is 5.63. The molecule has 0 bridgehead atoms. The first-order valence-corrected chi connectivity index (χ1v) is 5.54. The number of nitrogens with one attached hydrogen (secondary N) is 1. The van der Waals surface area contributed by atoms with Crippen LogP contribution in [0.1, 0.15) is 27.2 Å². The molecule has 0 spiro atoms. The molecule has 0 saturated carbocycles. The SMILES string of the molecule is CCC(CNC)OCCOCC(C)C. The summed E-state index contributed by atoms with van der Waals surface area (Å²) < 4.78 is 11.0. The number of ether oxygens (including phenoxy) is 2. The van der Waals surface area contributed by atoms with Crippen molar-refractivity contribution in [3.63, 3.8) is 0 Å². The zero-order valence-corrected chi connectivity index (χ0v) is 10.0.